The van der Waals surface area contributed by atoms with Crippen molar-refractivity contribution in [3.05, 3.63) is 83.7 Å². The van der Waals surface area contributed by atoms with E-state index in [2.05, 4.69) is 40.5 Å². The maximum atomic E-state index is 13.1. The second-order valence-electron chi connectivity index (χ2n) is 15.9. The van der Waals surface area contributed by atoms with E-state index >= 15 is 0 Å². The topological polar surface area (TPSA) is 228 Å². The standard InChI is InChI=1S/2C21H22FN5O2/c2*1-10-4-17(21(2,3)29)24-8-13(10)16-5-11-6-18(25-9-14(11)19(23)26-16)27-20(28)12-7-15(12)22/h2*4-6,8-9,12,15,29H,7H2,1-3H3,(H2,23,26)(H,25,27,28)/t2*12-,15+/m10/s1. The summed E-state index contributed by atoms with van der Waals surface area (Å²) < 4.78 is 26.2. The minimum absolute atomic E-state index is 0.257. The highest BCUT2D eigenvalue weighted by molar-refractivity contribution is 6.00. The van der Waals surface area contributed by atoms with Crippen LogP contribution in [0.3, 0.4) is 0 Å². The molecule has 2 saturated carbocycles. The molecule has 0 radical (unpaired) electrons. The van der Waals surface area contributed by atoms with Crippen molar-refractivity contribution in [2.24, 2.45) is 11.8 Å². The number of hydrogen-bond acceptors (Lipinski definition) is 12. The fourth-order valence-electron chi connectivity index (χ4n) is 6.39. The number of carbonyl (C=O) groups is 2. The number of carbonyl (C=O) groups excluding carboxylic acids is 2. The number of nitrogens with one attached hydrogen (secondary N) is 2. The van der Waals surface area contributed by atoms with Gasteiger partial charge < -0.3 is 32.3 Å². The van der Waals surface area contributed by atoms with Gasteiger partial charge in [-0.15, -0.1) is 0 Å². The normalized spacial score (nSPS) is 18.7. The van der Waals surface area contributed by atoms with Crippen molar-refractivity contribution in [1.82, 2.24) is 29.9 Å². The van der Waals surface area contributed by atoms with Gasteiger partial charge in [-0.1, -0.05) is 0 Å². The fourth-order valence-corrected chi connectivity index (χ4v) is 6.39. The number of hydrogen-bond donors (Lipinski definition) is 6. The Bertz CT molecular complexity index is 2430. The first-order valence-corrected chi connectivity index (χ1v) is 18.7. The Hall–Kier alpha value is -6.26. The second kappa shape index (κ2) is 14.9. The Morgan fingerprint density at radius 2 is 1.00 bits per heavy atom. The van der Waals surface area contributed by atoms with Crippen LogP contribution in [-0.4, -0.2) is 64.3 Å². The Kier molecular flexibility index (Phi) is 10.3. The highest BCUT2D eigenvalue weighted by Crippen LogP contribution is 2.37. The molecule has 58 heavy (non-hydrogen) atoms. The maximum Gasteiger partial charge on any atom is 0.231 e. The molecule has 0 aliphatic heterocycles. The lowest BCUT2D eigenvalue weighted by Gasteiger charge is -2.18. The third kappa shape index (κ3) is 8.52. The maximum absolute atomic E-state index is 13.1. The molecule has 0 spiro atoms. The summed E-state index contributed by atoms with van der Waals surface area (Å²) >= 11 is 0. The fraction of sp³-hybridized carbons (Fsp3) is 0.333. The number of rotatable bonds is 8. The number of alkyl halides is 2. The van der Waals surface area contributed by atoms with Crippen LogP contribution in [0.4, 0.5) is 32.1 Å². The Morgan fingerprint density at radius 3 is 1.31 bits per heavy atom. The quantitative estimate of drug-likeness (QED) is 0.101. The molecule has 6 heterocycles. The number of anilines is 4. The van der Waals surface area contributed by atoms with Crippen molar-refractivity contribution in [2.45, 2.75) is 77.9 Å². The van der Waals surface area contributed by atoms with Gasteiger partial charge in [-0.3, -0.25) is 19.6 Å². The summed E-state index contributed by atoms with van der Waals surface area (Å²) in [6.07, 6.45) is 4.79. The second-order valence-corrected chi connectivity index (χ2v) is 15.9. The molecule has 2 amide bonds. The van der Waals surface area contributed by atoms with E-state index in [1.807, 2.05) is 38.1 Å². The van der Waals surface area contributed by atoms with E-state index in [-0.39, 0.29) is 24.7 Å². The van der Waals surface area contributed by atoms with Gasteiger partial charge in [0.1, 0.15) is 46.8 Å². The lowest BCUT2D eigenvalue weighted by molar-refractivity contribution is -0.118. The van der Waals surface area contributed by atoms with Gasteiger partial charge in [0.05, 0.1) is 34.6 Å². The number of fused-ring (bicyclic) bond motifs is 2. The van der Waals surface area contributed by atoms with Gasteiger partial charge in [-0.25, -0.2) is 28.7 Å². The van der Waals surface area contributed by atoms with Gasteiger partial charge in [-0.05, 0) is 113 Å². The number of nitrogens with zero attached hydrogens (tertiary/aromatic N) is 6. The SMILES string of the molecule is Cc1cc(C(C)(C)O)ncc1-c1cc2cc(NC(=O)[C@@H]3C[C@@H]3F)ncc2c(N)n1.Cc1cc(C(C)(C)O)ncc1-c1cc2cc(NC(=O)[C@H]3C[C@H]3F)ncc2c(N)n1. The zero-order valence-corrected chi connectivity index (χ0v) is 32.8. The minimum atomic E-state index is -1.07. The van der Waals surface area contributed by atoms with Crippen LogP contribution in [0, 0.1) is 25.7 Å². The lowest BCUT2D eigenvalue weighted by atomic mass is 9.99. The third-order valence-corrected chi connectivity index (χ3v) is 10.1. The summed E-state index contributed by atoms with van der Waals surface area (Å²) in [4.78, 5) is 50.0. The molecule has 0 aromatic carbocycles. The van der Waals surface area contributed by atoms with Crippen LogP contribution < -0.4 is 22.1 Å². The van der Waals surface area contributed by atoms with Crippen molar-refractivity contribution >= 4 is 56.6 Å². The smallest absolute Gasteiger partial charge is 0.231 e. The predicted octanol–water partition coefficient (Wildman–Crippen LogP) is 6.21. The molecule has 14 nitrogen and oxygen atoms in total. The molecule has 4 atom stereocenters. The van der Waals surface area contributed by atoms with E-state index < -0.39 is 35.4 Å². The molecule has 6 aromatic heterocycles. The van der Waals surface area contributed by atoms with Crippen molar-refractivity contribution < 1.29 is 28.6 Å². The highest BCUT2D eigenvalue weighted by Gasteiger charge is 2.44. The number of aromatic nitrogens is 6. The molecule has 0 unspecified atom stereocenters. The summed E-state index contributed by atoms with van der Waals surface area (Å²) in [5.41, 5.74) is 15.9. The van der Waals surface area contributed by atoms with Crippen LogP contribution in [0.25, 0.3) is 44.1 Å². The number of nitrogens with two attached hydrogens (primary N) is 2. The number of aryl methyl sites for hydroxylation is 2. The molecule has 2 fully saturated rings. The highest BCUT2D eigenvalue weighted by atomic mass is 19.1. The van der Waals surface area contributed by atoms with Crippen molar-refractivity contribution in [3.8, 4) is 22.5 Å². The Morgan fingerprint density at radius 1 is 0.638 bits per heavy atom. The van der Waals surface area contributed by atoms with Crippen LogP contribution in [-0.2, 0) is 20.8 Å². The van der Waals surface area contributed by atoms with Gasteiger partial charge in [0.2, 0.25) is 11.8 Å². The average Bonchev–Trinajstić information content (AvgIpc) is 4.07. The number of aliphatic hydroxyl groups is 2. The molecule has 2 aliphatic carbocycles. The summed E-state index contributed by atoms with van der Waals surface area (Å²) in [7, 11) is 0. The molecular formula is C42H44F2N10O4. The summed E-state index contributed by atoms with van der Waals surface area (Å²) in [6.45, 7) is 10.5. The van der Waals surface area contributed by atoms with Crippen molar-refractivity contribution in [1.29, 1.82) is 0 Å². The van der Waals surface area contributed by atoms with Crippen LogP contribution in [0.2, 0.25) is 0 Å². The van der Waals surface area contributed by atoms with Crippen LogP contribution in [0.1, 0.15) is 63.1 Å². The van der Waals surface area contributed by atoms with Gasteiger partial charge in [0, 0.05) is 46.7 Å². The van der Waals surface area contributed by atoms with Crippen LogP contribution >= 0.6 is 0 Å². The van der Waals surface area contributed by atoms with E-state index in [0.717, 1.165) is 33.0 Å². The molecule has 0 bridgehead atoms. The van der Waals surface area contributed by atoms with E-state index in [0.29, 0.717) is 56.8 Å². The Balaban J connectivity index is 0.000000177. The molecule has 2 aliphatic rings. The van der Waals surface area contributed by atoms with Gasteiger partial charge in [0.15, 0.2) is 0 Å². The molecule has 8 N–H and O–H groups in total. The number of halogens is 2. The first kappa shape index (κ1) is 40.0. The van der Waals surface area contributed by atoms with E-state index in [1.165, 1.54) is 0 Å². The summed E-state index contributed by atoms with van der Waals surface area (Å²) in [5.74, 6) is -0.625. The van der Waals surface area contributed by atoms with E-state index in [9.17, 15) is 28.6 Å². The summed E-state index contributed by atoms with van der Waals surface area (Å²) in [6, 6.07) is 10.7. The summed E-state index contributed by atoms with van der Waals surface area (Å²) in [5, 5.41) is 28.4. The number of nitrogen functional groups attached to an aromatic ring is 2. The number of amides is 2. The van der Waals surface area contributed by atoms with Gasteiger partial charge in [0.25, 0.3) is 0 Å². The Labute approximate surface area is 332 Å². The van der Waals surface area contributed by atoms with E-state index in [4.69, 9.17) is 11.5 Å². The monoisotopic (exact) mass is 790 g/mol. The van der Waals surface area contributed by atoms with Crippen LogP contribution in [0.5, 0.6) is 0 Å². The molecule has 8 rings (SSSR count). The molecule has 300 valence electrons. The largest absolute Gasteiger partial charge is 0.384 e. The van der Waals surface area contributed by atoms with Gasteiger partial charge >= 0.3 is 0 Å². The zero-order chi connectivity index (χ0) is 41.8. The lowest BCUT2D eigenvalue weighted by Crippen LogP contribution is -2.17. The first-order chi connectivity index (χ1) is 27.3. The molecule has 16 heteroatoms. The minimum Gasteiger partial charge on any atom is -0.384 e. The predicted molar refractivity (Wildman–Crippen MR) is 218 cm³/mol. The van der Waals surface area contributed by atoms with Crippen molar-refractivity contribution in [3.63, 3.8) is 0 Å². The molecular weight excluding hydrogens is 747 g/mol. The van der Waals surface area contributed by atoms with Crippen molar-refractivity contribution in [2.75, 3.05) is 22.1 Å². The zero-order valence-electron chi connectivity index (χ0n) is 32.8. The van der Waals surface area contributed by atoms with E-state index in [1.54, 1.807) is 64.6 Å². The average molecular weight is 791 g/mol. The van der Waals surface area contributed by atoms with Gasteiger partial charge in [-0.2, -0.15) is 0 Å². The molecule has 0 saturated heterocycles. The van der Waals surface area contributed by atoms with Crippen LogP contribution in [0.15, 0.2) is 61.2 Å². The first-order valence-electron chi connectivity index (χ1n) is 18.7. The number of pyridine rings is 6. The third-order valence-electron chi connectivity index (χ3n) is 10.1. The molecule has 6 aromatic rings.